The van der Waals surface area contributed by atoms with Crippen molar-refractivity contribution in [2.75, 3.05) is 19.0 Å². The number of carbonyl (C=O) groups is 1. The van der Waals surface area contributed by atoms with E-state index in [1.165, 1.54) is 7.11 Å². The molecule has 6 heteroatoms. The van der Waals surface area contributed by atoms with Gasteiger partial charge in [0.2, 0.25) is 0 Å². The predicted octanol–water partition coefficient (Wildman–Crippen LogP) is 2.18. The molecule has 6 nitrogen and oxygen atoms in total. The molecule has 0 aliphatic heterocycles. The van der Waals surface area contributed by atoms with Crippen molar-refractivity contribution in [3.8, 4) is 5.75 Å². The van der Waals surface area contributed by atoms with Crippen LogP contribution in [0.25, 0.3) is 0 Å². The van der Waals surface area contributed by atoms with Crippen molar-refractivity contribution in [1.82, 2.24) is 0 Å². The molecular formula is C13H19N3O3. The normalized spacial score (nSPS) is 10.1. The van der Waals surface area contributed by atoms with E-state index in [2.05, 4.69) is 5.32 Å². The lowest BCUT2D eigenvalue weighted by molar-refractivity contribution is 0.147. The number of ether oxygens (including phenoxy) is 2. The third-order valence-electron chi connectivity index (χ3n) is 2.31. The van der Waals surface area contributed by atoms with Gasteiger partial charge in [-0.3, -0.25) is 10.7 Å². The van der Waals surface area contributed by atoms with Crippen molar-refractivity contribution in [2.45, 2.75) is 13.8 Å². The van der Waals surface area contributed by atoms with Crippen LogP contribution in [0.5, 0.6) is 5.75 Å². The van der Waals surface area contributed by atoms with Crippen molar-refractivity contribution < 1.29 is 14.3 Å². The van der Waals surface area contributed by atoms with Gasteiger partial charge in [0.15, 0.2) is 0 Å². The fourth-order valence-corrected chi connectivity index (χ4v) is 1.44. The summed E-state index contributed by atoms with van der Waals surface area (Å²) in [5, 5.41) is 10.1. The summed E-state index contributed by atoms with van der Waals surface area (Å²) in [6.07, 6.45) is -0.597. The van der Waals surface area contributed by atoms with E-state index in [1.807, 2.05) is 13.8 Å². The standard InChI is InChI=1S/C13H19N3O3/c1-8(2)7-19-13(17)16-11-9(12(14)15)5-4-6-10(11)18-3/h4-6,8H,7H2,1-3H3,(H3,14,15)(H,16,17). The fourth-order valence-electron chi connectivity index (χ4n) is 1.44. The molecule has 0 saturated carbocycles. The lowest BCUT2D eigenvalue weighted by atomic mass is 10.1. The van der Waals surface area contributed by atoms with Gasteiger partial charge in [0.25, 0.3) is 0 Å². The van der Waals surface area contributed by atoms with Gasteiger partial charge in [0.05, 0.1) is 19.4 Å². The molecule has 0 radical (unpaired) electrons. The van der Waals surface area contributed by atoms with E-state index in [0.717, 1.165) is 0 Å². The first-order valence-corrected chi connectivity index (χ1v) is 5.90. The number of benzene rings is 1. The van der Waals surface area contributed by atoms with Crippen LogP contribution >= 0.6 is 0 Å². The highest BCUT2D eigenvalue weighted by Crippen LogP contribution is 2.28. The van der Waals surface area contributed by atoms with Crippen LogP contribution < -0.4 is 15.8 Å². The minimum absolute atomic E-state index is 0.155. The molecule has 0 saturated heterocycles. The van der Waals surface area contributed by atoms with E-state index >= 15 is 0 Å². The SMILES string of the molecule is COc1cccc(C(=N)N)c1NC(=O)OCC(C)C. The number of methoxy groups -OCH3 is 1. The summed E-state index contributed by atoms with van der Waals surface area (Å²) in [6.45, 7) is 4.20. The number of nitrogens with two attached hydrogens (primary N) is 1. The second-order valence-electron chi connectivity index (χ2n) is 4.41. The minimum atomic E-state index is -0.597. The Labute approximate surface area is 112 Å². The number of amides is 1. The third-order valence-corrected chi connectivity index (χ3v) is 2.31. The smallest absolute Gasteiger partial charge is 0.411 e. The monoisotopic (exact) mass is 265 g/mol. The van der Waals surface area contributed by atoms with E-state index in [9.17, 15) is 4.79 Å². The maximum Gasteiger partial charge on any atom is 0.411 e. The molecule has 19 heavy (non-hydrogen) atoms. The lowest BCUT2D eigenvalue weighted by Crippen LogP contribution is -2.21. The molecule has 0 heterocycles. The van der Waals surface area contributed by atoms with Gasteiger partial charge in [-0.1, -0.05) is 19.9 Å². The largest absolute Gasteiger partial charge is 0.495 e. The molecule has 104 valence electrons. The summed E-state index contributed by atoms with van der Waals surface area (Å²) >= 11 is 0. The highest BCUT2D eigenvalue weighted by atomic mass is 16.5. The Hall–Kier alpha value is -2.24. The zero-order chi connectivity index (χ0) is 14.4. The van der Waals surface area contributed by atoms with Crippen LogP contribution in [0.4, 0.5) is 10.5 Å². The van der Waals surface area contributed by atoms with Gasteiger partial charge in [0.1, 0.15) is 11.6 Å². The summed E-state index contributed by atoms with van der Waals surface area (Å²) in [7, 11) is 1.48. The minimum Gasteiger partial charge on any atom is -0.495 e. The Bertz CT molecular complexity index is 472. The van der Waals surface area contributed by atoms with Crippen LogP contribution in [0.2, 0.25) is 0 Å². The second-order valence-corrected chi connectivity index (χ2v) is 4.41. The molecule has 0 bridgehead atoms. The van der Waals surface area contributed by atoms with Crippen LogP contribution in [0.1, 0.15) is 19.4 Å². The molecule has 0 unspecified atom stereocenters. The lowest BCUT2D eigenvalue weighted by Gasteiger charge is -2.14. The highest BCUT2D eigenvalue weighted by molar-refractivity contribution is 6.04. The number of para-hydroxylation sites is 1. The molecule has 1 rings (SSSR count). The van der Waals surface area contributed by atoms with Crippen LogP contribution in [-0.4, -0.2) is 25.6 Å². The fraction of sp³-hybridized carbons (Fsp3) is 0.385. The van der Waals surface area contributed by atoms with Crippen LogP contribution in [0.15, 0.2) is 18.2 Å². The van der Waals surface area contributed by atoms with Gasteiger partial charge < -0.3 is 15.2 Å². The first kappa shape index (κ1) is 14.8. The van der Waals surface area contributed by atoms with Crippen molar-refractivity contribution in [3.05, 3.63) is 23.8 Å². The molecule has 0 aromatic heterocycles. The maximum atomic E-state index is 11.7. The third kappa shape index (κ3) is 4.17. The summed E-state index contributed by atoms with van der Waals surface area (Å²) in [5.74, 6) is 0.517. The van der Waals surface area contributed by atoms with Gasteiger partial charge in [0, 0.05) is 5.56 Å². The van der Waals surface area contributed by atoms with Crippen molar-refractivity contribution in [1.29, 1.82) is 5.41 Å². The topological polar surface area (TPSA) is 97.4 Å². The van der Waals surface area contributed by atoms with Gasteiger partial charge in [-0.2, -0.15) is 0 Å². The molecule has 0 aliphatic rings. The van der Waals surface area contributed by atoms with Gasteiger partial charge in [-0.25, -0.2) is 4.79 Å². The predicted molar refractivity (Wildman–Crippen MR) is 73.8 cm³/mol. The number of hydrogen-bond acceptors (Lipinski definition) is 4. The molecule has 0 fully saturated rings. The number of rotatable bonds is 5. The molecule has 0 aliphatic carbocycles. The van der Waals surface area contributed by atoms with Gasteiger partial charge >= 0.3 is 6.09 Å². The zero-order valence-corrected chi connectivity index (χ0v) is 11.3. The second kappa shape index (κ2) is 6.63. The molecule has 4 N–H and O–H groups in total. The first-order valence-electron chi connectivity index (χ1n) is 5.90. The first-order chi connectivity index (χ1) is 8.95. The molecule has 0 spiro atoms. The number of nitrogen functional groups attached to an aromatic ring is 1. The number of carbonyl (C=O) groups excluding carboxylic acids is 1. The van der Waals surface area contributed by atoms with Crippen LogP contribution in [0.3, 0.4) is 0 Å². The summed E-state index contributed by atoms with van der Waals surface area (Å²) in [4.78, 5) is 11.7. The van der Waals surface area contributed by atoms with E-state index in [0.29, 0.717) is 23.6 Å². The number of nitrogens with one attached hydrogen (secondary N) is 2. The van der Waals surface area contributed by atoms with Crippen molar-refractivity contribution in [3.63, 3.8) is 0 Å². The van der Waals surface area contributed by atoms with Gasteiger partial charge in [-0.15, -0.1) is 0 Å². The molecular weight excluding hydrogens is 246 g/mol. The van der Waals surface area contributed by atoms with E-state index in [1.54, 1.807) is 18.2 Å². The average molecular weight is 265 g/mol. The number of amidine groups is 1. The Kier molecular flexibility index (Phi) is 5.17. The quantitative estimate of drug-likeness (QED) is 0.561. The molecule has 1 aromatic rings. The Morgan fingerprint density at radius 2 is 2.16 bits per heavy atom. The van der Waals surface area contributed by atoms with Crippen molar-refractivity contribution in [2.24, 2.45) is 11.7 Å². The van der Waals surface area contributed by atoms with E-state index in [4.69, 9.17) is 20.6 Å². The Morgan fingerprint density at radius 3 is 2.68 bits per heavy atom. The Balaban J connectivity index is 2.92. The summed E-state index contributed by atoms with van der Waals surface area (Å²) in [5.41, 5.74) is 6.20. The maximum absolute atomic E-state index is 11.7. The van der Waals surface area contributed by atoms with E-state index < -0.39 is 6.09 Å². The summed E-state index contributed by atoms with van der Waals surface area (Å²) in [6, 6.07) is 4.99. The highest BCUT2D eigenvalue weighted by Gasteiger charge is 2.15. The zero-order valence-electron chi connectivity index (χ0n) is 11.3. The van der Waals surface area contributed by atoms with E-state index in [-0.39, 0.29) is 11.8 Å². The van der Waals surface area contributed by atoms with Gasteiger partial charge in [-0.05, 0) is 18.1 Å². The molecule has 0 atom stereocenters. The molecule has 1 aromatic carbocycles. The summed E-state index contributed by atoms with van der Waals surface area (Å²) < 4.78 is 10.2. The van der Waals surface area contributed by atoms with Crippen molar-refractivity contribution >= 4 is 17.6 Å². The van der Waals surface area contributed by atoms with Crippen LogP contribution in [-0.2, 0) is 4.74 Å². The number of hydrogen-bond donors (Lipinski definition) is 3. The Morgan fingerprint density at radius 1 is 1.47 bits per heavy atom. The van der Waals surface area contributed by atoms with Crippen LogP contribution in [0, 0.1) is 11.3 Å². The molecule has 1 amide bonds. The number of anilines is 1. The average Bonchev–Trinajstić information content (AvgIpc) is 2.36.